The lowest BCUT2D eigenvalue weighted by atomic mass is 10.2. The fraction of sp³-hybridized carbons (Fsp3) is 0.250. The number of anilines is 1. The average Bonchev–Trinajstić information content (AvgIpc) is 2.85. The van der Waals surface area contributed by atoms with Crippen LogP contribution in [0, 0.1) is 13.8 Å². The Labute approximate surface area is 145 Å². The molecule has 0 saturated carbocycles. The van der Waals surface area contributed by atoms with E-state index in [1.54, 1.807) is 30.2 Å². The quantitative estimate of drug-likeness (QED) is 0.629. The molecule has 0 saturated heterocycles. The van der Waals surface area contributed by atoms with Gasteiger partial charge in [-0.05, 0) is 26.0 Å². The topological polar surface area (TPSA) is 79.4 Å². The molecule has 0 aliphatic carbocycles. The highest BCUT2D eigenvalue weighted by molar-refractivity contribution is 7.93. The van der Waals surface area contributed by atoms with Crippen LogP contribution in [0.1, 0.15) is 20.9 Å². The third-order valence-corrected chi connectivity index (χ3v) is 5.67. The number of sulfonamides is 1. The number of rotatable bonds is 6. The van der Waals surface area contributed by atoms with Gasteiger partial charge in [0.05, 0.1) is 15.5 Å². The molecule has 0 unspecified atom stereocenters. The van der Waals surface area contributed by atoms with Gasteiger partial charge in [0, 0.05) is 26.4 Å². The van der Waals surface area contributed by atoms with Crippen LogP contribution in [-0.4, -0.2) is 38.2 Å². The predicted octanol–water partition coefficient (Wildman–Crippen LogP) is 2.82. The van der Waals surface area contributed by atoms with Crippen molar-refractivity contribution in [3.63, 3.8) is 0 Å². The van der Waals surface area contributed by atoms with E-state index in [1.807, 2.05) is 21.0 Å². The molecule has 2 aromatic rings. The van der Waals surface area contributed by atoms with Crippen molar-refractivity contribution in [3.05, 3.63) is 52.7 Å². The summed E-state index contributed by atoms with van der Waals surface area (Å²) in [6.07, 6.45) is 3.07. The van der Waals surface area contributed by atoms with E-state index < -0.39 is 10.0 Å². The number of hydrogen-bond acceptors (Lipinski definition) is 6. The van der Waals surface area contributed by atoms with Crippen molar-refractivity contribution in [2.45, 2.75) is 18.7 Å². The number of carbonyl (C=O) groups excluding carboxylic acids is 1. The van der Waals surface area contributed by atoms with E-state index in [-0.39, 0.29) is 15.8 Å². The van der Waals surface area contributed by atoms with E-state index in [2.05, 4.69) is 9.71 Å². The minimum absolute atomic E-state index is 0.154. The normalized spacial score (nSPS) is 11.7. The summed E-state index contributed by atoms with van der Waals surface area (Å²) in [5, 5.41) is 0.176. The highest BCUT2D eigenvalue weighted by Crippen LogP contribution is 2.26. The van der Waals surface area contributed by atoms with E-state index in [0.29, 0.717) is 10.6 Å². The summed E-state index contributed by atoms with van der Waals surface area (Å²) in [6, 6.07) is 6.51. The molecule has 24 heavy (non-hydrogen) atoms. The Kier molecular flexibility index (Phi) is 5.40. The minimum Gasteiger partial charge on any atom is -0.383 e. The molecule has 1 N–H and O–H groups in total. The van der Waals surface area contributed by atoms with Crippen molar-refractivity contribution in [1.82, 2.24) is 9.88 Å². The zero-order valence-electron chi connectivity index (χ0n) is 13.9. The van der Waals surface area contributed by atoms with Crippen LogP contribution in [0.4, 0.5) is 5.13 Å². The molecule has 0 amide bonds. The number of benzene rings is 1. The zero-order chi connectivity index (χ0) is 17.9. The summed E-state index contributed by atoms with van der Waals surface area (Å²) in [6.45, 7) is 3.56. The van der Waals surface area contributed by atoms with Crippen LogP contribution in [-0.2, 0) is 10.0 Å². The fourth-order valence-corrected chi connectivity index (χ4v) is 3.97. The van der Waals surface area contributed by atoms with Gasteiger partial charge in [-0.15, -0.1) is 0 Å². The third kappa shape index (κ3) is 4.42. The summed E-state index contributed by atoms with van der Waals surface area (Å²) in [7, 11) is -0.105. The molecular formula is C16H19N3O3S2. The van der Waals surface area contributed by atoms with Crippen LogP contribution < -0.4 is 4.72 Å². The average molecular weight is 365 g/mol. The molecule has 1 heterocycles. The second-order valence-electron chi connectivity index (χ2n) is 5.50. The third-order valence-electron chi connectivity index (χ3n) is 3.10. The zero-order valence-corrected chi connectivity index (χ0v) is 15.5. The molecule has 0 spiro atoms. The summed E-state index contributed by atoms with van der Waals surface area (Å²) in [5.74, 6) is -0.209. The van der Waals surface area contributed by atoms with Crippen LogP contribution in [0.5, 0.6) is 0 Å². The van der Waals surface area contributed by atoms with E-state index in [9.17, 15) is 13.2 Å². The monoisotopic (exact) mass is 365 g/mol. The summed E-state index contributed by atoms with van der Waals surface area (Å²) in [5.41, 5.74) is 1.47. The van der Waals surface area contributed by atoms with Crippen LogP contribution in [0.2, 0.25) is 0 Å². The number of nitrogens with zero attached hydrogens (tertiary/aromatic N) is 2. The number of carbonyl (C=O) groups is 1. The number of allylic oxidation sites excluding steroid dienone is 1. The van der Waals surface area contributed by atoms with Gasteiger partial charge in [0.2, 0.25) is 0 Å². The van der Waals surface area contributed by atoms with E-state index in [4.69, 9.17) is 0 Å². The van der Waals surface area contributed by atoms with Gasteiger partial charge in [0.15, 0.2) is 10.9 Å². The van der Waals surface area contributed by atoms with Gasteiger partial charge < -0.3 is 4.90 Å². The Balaban J connectivity index is 2.23. The molecule has 0 fully saturated rings. The number of thiazole rings is 1. The molecule has 1 aromatic heterocycles. The highest BCUT2D eigenvalue weighted by atomic mass is 32.2. The molecule has 0 bridgehead atoms. The standard InChI is InChI=1S/C16H19N3O3S2/c1-11-5-7-13(8-6-11)24(21,22)18-16-17-12(2)15(23-16)14(20)9-10-19(3)4/h5-10H,1-4H3,(H,17,18)/b10-9+. The summed E-state index contributed by atoms with van der Waals surface area (Å²) >= 11 is 1.02. The van der Waals surface area contributed by atoms with Gasteiger partial charge in [-0.3, -0.25) is 9.52 Å². The number of aromatic nitrogens is 1. The van der Waals surface area contributed by atoms with Crippen molar-refractivity contribution < 1.29 is 13.2 Å². The first-order valence-corrected chi connectivity index (χ1v) is 9.45. The Hall–Kier alpha value is -2.19. The minimum atomic E-state index is -3.72. The van der Waals surface area contributed by atoms with E-state index in [1.165, 1.54) is 18.2 Å². The van der Waals surface area contributed by atoms with Crippen LogP contribution in [0.3, 0.4) is 0 Å². The number of hydrogen-bond donors (Lipinski definition) is 1. The maximum Gasteiger partial charge on any atom is 0.263 e. The van der Waals surface area contributed by atoms with Crippen LogP contribution >= 0.6 is 11.3 Å². The number of aryl methyl sites for hydroxylation is 2. The van der Waals surface area contributed by atoms with Gasteiger partial charge in [-0.2, -0.15) is 0 Å². The molecule has 6 nitrogen and oxygen atoms in total. The molecule has 128 valence electrons. The largest absolute Gasteiger partial charge is 0.383 e. The number of nitrogens with one attached hydrogen (secondary N) is 1. The lowest BCUT2D eigenvalue weighted by Gasteiger charge is -2.05. The van der Waals surface area contributed by atoms with Crippen molar-refractivity contribution in [3.8, 4) is 0 Å². The fourth-order valence-electron chi connectivity index (χ4n) is 1.85. The molecule has 0 aliphatic rings. The van der Waals surface area contributed by atoms with Crippen molar-refractivity contribution in [2.24, 2.45) is 0 Å². The van der Waals surface area contributed by atoms with Crippen molar-refractivity contribution in [2.75, 3.05) is 18.8 Å². The molecule has 0 radical (unpaired) electrons. The molecule has 1 aromatic carbocycles. The van der Waals surface area contributed by atoms with Gasteiger partial charge >= 0.3 is 0 Å². The van der Waals surface area contributed by atoms with Gasteiger partial charge in [-0.1, -0.05) is 29.0 Å². The van der Waals surface area contributed by atoms with Crippen molar-refractivity contribution in [1.29, 1.82) is 0 Å². The van der Waals surface area contributed by atoms with Crippen LogP contribution in [0.15, 0.2) is 41.4 Å². The second kappa shape index (κ2) is 7.14. The van der Waals surface area contributed by atoms with Gasteiger partial charge in [0.1, 0.15) is 0 Å². The first kappa shape index (κ1) is 18.2. The Morgan fingerprint density at radius 3 is 2.42 bits per heavy atom. The molecule has 2 rings (SSSR count). The SMILES string of the molecule is Cc1ccc(S(=O)(=O)Nc2nc(C)c(C(=O)/C=C/N(C)C)s2)cc1. The van der Waals surface area contributed by atoms with Gasteiger partial charge in [0.25, 0.3) is 10.0 Å². The lowest BCUT2D eigenvalue weighted by molar-refractivity contribution is 0.104. The summed E-state index contributed by atoms with van der Waals surface area (Å²) < 4.78 is 27.2. The van der Waals surface area contributed by atoms with Crippen LogP contribution in [0.25, 0.3) is 0 Å². The highest BCUT2D eigenvalue weighted by Gasteiger charge is 2.19. The first-order chi connectivity index (χ1) is 11.2. The number of ketones is 1. The Bertz CT molecular complexity index is 866. The molecular weight excluding hydrogens is 346 g/mol. The van der Waals surface area contributed by atoms with E-state index in [0.717, 1.165) is 16.9 Å². The van der Waals surface area contributed by atoms with Gasteiger partial charge in [-0.25, -0.2) is 13.4 Å². The Morgan fingerprint density at radius 2 is 1.83 bits per heavy atom. The summed E-state index contributed by atoms with van der Waals surface area (Å²) in [4.78, 5) is 18.6. The second-order valence-corrected chi connectivity index (χ2v) is 8.18. The molecule has 8 heteroatoms. The molecule has 0 atom stereocenters. The lowest BCUT2D eigenvalue weighted by Crippen LogP contribution is -2.12. The van der Waals surface area contributed by atoms with E-state index >= 15 is 0 Å². The smallest absolute Gasteiger partial charge is 0.263 e. The van der Waals surface area contributed by atoms with Crippen molar-refractivity contribution >= 4 is 32.3 Å². The predicted molar refractivity (Wildman–Crippen MR) is 96.0 cm³/mol. The molecule has 0 aliphatic heterocycles. The maximum absolute atomic E-state index is 12.4. The maximum atomic E-state index is 12.4. The Morgan fingerprint density at radius 1 is 1.21 bits per heavy atom. The first-order valence-electron chi connectivity index (χ1n) is 7.15.